The van der Waals surface area contributed by atoms with Crippen molar-refractivity contribution < 1.29 is 19.5 Å². The lowest BCUT2D eigenvalue weighted by Crippen LogP contribution is -2.16. The number of ketones is 1. The molecule has 0 atom stereocenters. The maximum absolute atomic E-state index is 12.3. The molecule has 0 bridgehead atoms. The van der Waals surface area contributed by atoms with Crippen molar-refractivity contribution in [3.8, 4) is 0 Å². The third-order valence-corrected chi connectivity index (χ3v) is 3.91. The van der Waals surface area contributed by atoms with Gasteiger partial charge in [-0.2, -0.15) is 0 Å². The van der Waals surface area contributed by atoms with Gasteiger partial charge in [0.2, 0.25) is 5.91 Å². The highest BCUT2D eigenvalue weighted by atomic mass is 16.4. The van der Waals surface area contributed by atoms with Gasteiger partial charge in [-0.3, -0.25) is 14.4 Å². The third-order valence-electron chi connectivity index (χ3n) is 3.91. The highest BCUT2D eigenvalue weighted by Crippen LogP contribution is 2.17. The zero-order valence-corrected chi connectivity index (χ0v) is 14.3. The fourth-order valence-electron chi connectivity index (χ4n) is 2.57. The monoisotopic (exact) mass is 339 g/mol. The standard InChI is InChI=1S/C20H21NO4/c1-13-7-8-14(2)16(11-13)18(22)9-10-19(23)21-17-6-4-3-5-15(17)12-20(24)25/h3-8,11H,9-10,12H2,1-2H3,(H,21,23)(H,24,25). The van der Waals surface area contributed by atoms with Crippen molar-refractivity contribution in [1.82, 2.24) is 0 Å². The molecule has 0 aromatic heterocycles. The summed E-state index contributed by atoms with van der Waals surface area (Å²) in [4.78, 5) is 35.3. The normalized spacial score (nSPS) is 10.3. The topological polar surface area (TPSA) is 83.5 Å². The molecule has 5 nitrogen and oxygen atoms in total. The number of carbonyl (C=O) groups is 3. The van der Waals surface area contributed by atoms with Gasteiger partial charge in [-0.15, -0.1) is 0 Å². The number of nitrogens with one attached hydrogen (secondary N) is 1. The van der Waals surface area contributed by atoms with Gasteiger partial charge in [-0.05, 0) is 37.1 Å². The summed E-state index contributed by atoms with van der Waals surface area (Å²) < 4.78 is 0. The maximum Gasteiger partial charge on any atom is 0.307 e. The highest BCUT2D eigenvalue weighted by Gasteiger charge is 2.13. The molecular formula is C20H21NO4. The van der Waals surface area contributed by atoms with Gasteiger partial charge in [0.25, 0.3) is 0 Å². The number of carboxylic acid groups (broad SMARTS) is 1. The van der Waals surface area contributed by atoms with Gasteiger partial charge < -0.3 is 10.4 Å². The molecule has 2 aromatic carbocycles. The molecule has 0 fully saturated rings. The molecule has 0 radical (unpaired) electrons. The smallest absolute Gasteiger partial charge is 0.307 e. The average molecular weight is 339 g/mol. The second-order valence-corrected chi connectivity index (χ2v) is 6.02. The van der Waals surface area contributed by atoms with Crippen molar-refractivity contribution >= 4 is 23.3 Å². The van der Waals surface area contributed by atoms with E-state index in [0.717, 1.165) is 11.1 Å². The second-order valence-electron chi connectivity index (χ2n) is 6.02. The molecule has 0 aliphatic carbocycles. The van der Waals surface area contributed by atoms with Crippen LogP contribution in [0.5, 0.6) is 0 Å². The summed E-state index contributed by atoms with van der Waals surface area (Å²) in [7, 11) is 0. The van der Waals surface area contributed by atoms with Crippen LogP contribution in [0.15, 0.2) is 42.5 Å². The summed E-state index contributed by atoms with van der Waals surface area (Å²) in [6.07, 6.45) is -0.0112. The number of benzene rings is 2. The number of hydrogen-bond donors (Lipinski definition) is 2. The molecule has 0 saturated heterocycles. The van der Waals surface area contributed by atoms with Crippen molar-refractivity contribution in [3.63, 3.8) is 0 Å². The van der Waals surface area contributed by atoms with Gasteiger partial charge >= 0.3 is 5.97 Å². The van der Waals surface area contributed by atoms with Crippen LogP contribution in [0.2, 0.25) is 0 Å². The summed E-state index contributed by atoms with van der Waals surface area (Å²) in [6.45, 7) is 3.79. The minimum absolute atomic E-state index is 0.0492. The number of Topliss-reactive ketones (excluding diaryl/α,β-unsaturated/α-hetero) is 1. The van der Waals surface area contributed by atoms with Gasteiger partial charge in [0.1, 0.15) is 0 Å². The Kier molecular flexibility index (Phi) is 6.06. The van der Waals surface area contributed by atoms with Crippen molar-refractivity contribution in [2.75, 3.05) is 5.32 Å². The molecule has 25 heavy (non-hydrogen) atoms. The van der Waals surface area contributed by atoms with Crippen LogP contribution in [-0.2, 0) is 16.0 Å². The number of hydrogen-bond acceptors (Lipinski definition) is 3. The van der Waals surface area contributed by atoms with E-state index in [4.69, 9.17) is 5.11 Å². The molecule has 0 spiro atoms. The predicted molar refractivity (Wildman–Crippen MR) is 95.9 cm³/mol. The van der Waals surface area contributed by atoms with E-state index in [1.807, 2.05) is 32.0 Å². The van der Waals surface area contributed by atoms with Gasteiger partial charge in [0.05, 0.1) is 6.42 Å². The van der Waals surface area contributed by atoms with E-state index in [-0.39, 0.29) is 31.0 Å². The number of amides is 1. The summed E-state index contributed by atoms with van der Waals surface area (Å²) in [5.74, 6) is -1.35. The first-order chi connectivity index (χ1) is 11.9. The lowest BCUT2D eigenvalue weighted by atomic mass is 9.99. The number of carboxylic acids is 1. The maximum atomic E-state index is 12.3. The molecule has 0 heterocycles. The molecule has 0 saturated carbocycles. The molecule has 2 aromatic rings. The van der Waals surface area contributed by atoms with Crippen LogP contribution in [0, 0.1) is 13.8 Å². The van der Waals surface area contributed by atoms with E-state index in [2.05, 4.69) is 5.32 Å². The van der Waals surface area contributed by atoms with Gasteiger partial charge in [-0.25, -0.2) is 0 Å². The molecule has 5 heteroatoms. The Hall–Kier alpha value is -2.95. The number of aliphatic carboxylic acids is 1. The van der Waals surface area contributed by atoms with E-state index in [1.165, 1.54) is 0 Å². The number of carbonyl (C=O) groups excluding carboxylic acids is 2. The second kappa shape index (κ2) is 8.24. The Labute approximate surface area is 146 Å². The fourth-order valence-corrected chi connectivity index (χ4v) is 2.57. The van der Waals surface area contributed by atoms with E-state index >= 15 is 0 Å². The van der Waals surface area contributed by atoms with Crippen LogP contribution in [0.3, 0.4) is 0 Å². The summed E-state index contributed by atoms with van der Waals surface area (Å²) in [5.41, 5.74) is 3.53. The number of aryl methyl sites for hydroxylation is 2. The molecule has 0 aliphatic rings. The van der Waals surface area contributed by atoms with Crippen LogP contribution in [-0.4, -0.2) is 22.8 Å². The number of rotatable bonds is 7. The molecule has 2 N–H and O–H groups in total. The molecule has 1 amide bonds. The van der Waals surface area contributed by atoms with E-state index in [1.54, 1.807) is 24.3 Å². The van der Waals surface area contributed by atoms with Crippen LogP contribution in [0.1, 0.15) is 39.9 Å². The van der Waals surface area contributed by atoms with Gasteiger partial charge in [0.15, 0.2) is 5.78 Å². The lowest BCUT2D eigenvalue weighted by molar-refractivity contribution is -0.136. The summed E-state index contributed by atoms with van der Waals surface area (Å²) in [6, 6.07) is 12.4. The fraction of sp³-hybridized carbons (Fsp3) is 0.250. The van der Waals surface area contributed by atoms with E-state index in [0.29, 0.717) is 16.8 Å². The van der Waals surface area contributed by atoms with Crippen molar-refractivity contribution in [2.24, 2.45) is 0 Å². The first-order valence-corrected chi connectivity index (χ1v) is 8.07. The first kappa shape index (κ1) is 18.4. The zero-order valence-electron chi connectivity index (χ0n) is 14.3. The quantitative estimate of drug-likeness (QED) is 0.756. The van der Waals surface area contributed by atoms with Gasteiger partial charge in [-0.1, -0.05) is 35.9 Å². The zero-order chi connectivity index (χ0) is 18.4. The van der Waals surface area contributed by atoms with Crippen molar-refractivity contribution in [2.45, 2.75) is 33.1 Å². The van der Waals surface area contributed by atoms with Crippen LogP contribution >= 0.6 is 0 Å². The number of anilines is 1. The molecule has 2 rings (SSSR count). The lowest BCUT2D eigenvalue weighted by Gasteiger charge is -2.10. The largest absolute Gasteiger partial charge is 0.481 e. The van der Waals surface area contributed by atoms with Crippen molar-refractivity contribution in [1.29, 1.82) is 0 Å². The predicted octanol–water partition coefficient (Wildman–Crippen LogP) is 3.53. The SMILES string of the molecule is Cc1ccc(C)c(C(=O)CCC(=O)Nc2ccccc2CC(=O)O)c1. The molecular weight excluding hydrogens is 318 g/mol. The van der Waals surface area contributed by atoms with Gasteiger partial charge in [0, 0.05) is 24.1 Å². The Bertz CT molecular complexity index is 811. The Morgan fingerprint density at radius 1 is 1.00 bits per heavy atom. The third kappa shape index (κ3) is 5.28. The number of para-hydroxylation sites is 1. The first-order valence-electron chi connectivity index (χ1n) is 8.07. The van der Waals surface area contributed by atoms with Crippen LogP contribution in [0.25, 0.3) is 0 Å². The van der Waals surface area contributed by atoms with Crippen molar-refractivity contribution in [3.05, 3.63) is 64.7 Å². The highest BCUT2D eigenvalue weighted by molar-refractivity contribution is 6.01. The molecule has 0 unspecified atom stereocenters. The Morgan fingerprint density at radius 3 is 2.44 bits per heavy atom. The summed E-state index contributed by atoms with van der Waals surface area (Å²) >= 11 is 0. The Balaban J connectivity index is 1.98. The minimum atomic E-state index is -0.966. The van der Waals surface area contributed by atoms with E-state index in [9.17, 15) is 14.4 Å². The minimum Gasteiger partial charge on any atom is -0.481 e. The average Bonchev–Trinajstić information content (AvgIpc) is 2.56. The van der Waals surface area contributed by atoms with E-state index < -0.39 is 5.97 Å². The van der Waals surface area contributed by atoms with Crippen LogP contribution < -0.4 is 5.32 Å². The Morgan fingerprint density at radius 2 is 1.72 bits per heavy atom. The summed E-state index contributed by atoms with van der Waals surface area (Å²) in [5, 5.41) is 11.6. The molecule has 130 valence electrons. The molecule has 0 aliphatic heterocycles. The van der Waals surface area contributed by atoms with Crippen LogP contribution in [0.4, 0.5) is 5.69 Å².